The molecular weight excluding hydrogens is 396 g/mol. The zero-order valence-electron chi connectivity index (χ0n) is 12.1. The van der Waals surface area contributed by atoms with E-state index in [9.17, 15) is 0 Å². The number of nitrogens with zero attached hydrogens (tertiary/aromatic N) is 2. The van der Waals surface area contributed by atoms with Crippen LogP contribution < -0.4 is 10.6 Å². The summed E-state index contributed by atoms with van der Waals surface area (Å²) in [4.78, 5) is 8.73. The Morgan fingerprint density at radius 1 is 1.10 bits per heavy atom. The number of halogens is 2. The minimum atomic E-state index is 0.838. The highest BCUT2D eigenvalue weighted by Crippen LogP contribution is 2.30. The molecule has 0 aliphatic rings. The highest BCUT2D eigenvalue weighted by molar-refractivity contribution is 9.11. The van der Waals surface area contributed by atoms with Crippen molar-refractivity contribution in [2.75, 3.05) is 17.2 Å². The number of hydrogen-bond acceptors (Lipinski definition) is 4. The van der Waals surface area contributed by atoms with Crippen LogP contribution in [0.15, 0.2) is 33.5 Å². The van der Waals surface area contributed by atoms with E-state index >= 15 is 0 Å². The van der Waals surface area contributed by atoms with E-state index in [-0.39, 0.29) is 0 Å². The van der Waals surface area contributed by atoms with E-state index in [1.807, 2.05) is 18.2 Å². The predicted octanol–water partition coefficient (Wildman–Crippen LogP) is 5.13. The molecule has 0 saturated heterocycles. The highest BCUT2D eigenvalue weighted by atomic mass is 79.9. The lowest BCUT2D eigenvalue weighted by molar-refractivity contribution is 0.949. The molecule has 0 saturated carbocycles. The number of aromatic nitrogens is 2. The van der Waals surface area contributed by atoms with Gasteiger partial charge in [-0.05, 0) is 47.0 Å². The molecule has 2 aromatic rings. The van der Waals surface area contributed by atoms with Crippen LogP contribution in [-0.2, 0) is 6.42 Å². The molecular formula is C15H18Br2N4. The fraction of sp³-hybridized carbons (Fsp3) is 0.333. The van der Waals surface area contributed by atoms with Crippen molar-refractivity contribution in [1.82, 2.24) is 9.97 Å². The van der Waals surface area contributed by atoms with Gasteiger partial charge in [-0.25, -0.2) is 9.97 Å². The minimum Gasteiger partial charge on any atom is -0.370 e. The van der Waals surface area contributed by atoms with Gasteiger partial charge in [0.1, 0.15) is 18.0 Å². The molecule has 1 aromatic carbocycles. The summed E-state index contributed by atoms with van der Waals surface area (Å²) in [6.07, 6.45) is 3.51. The Labute approximate surface area is 142 Å². The van der Waals surface area contributed by atoms with Crippen LogP contribution in [0.4, 0.5) is 17.3 Å². The Morgan fingerprint density at radius 3 is 2.57 bits per heavy atom. The Morgan fingerprint density at radius 2 is 1.86 bits per heavy atom. The maximum Gasteiger partial charge on any atom is 0.139 e. The summed E-state index contributed by atoms with van der Waals surface area (Å²) in [6.45, 7) is 5.15. The normalized spacial score (nSPS) is 10.5. The summed E-state index contributed by atoms with van der Waals surface area (Å²) in [5.74, 6) is 1.74. The molecule has 1 aromatic heterocycles. The summed E-state index contributed by atoms with van der Waals surface area (Å²) < 4.78 is 2.01. The van der Waals surface area contributed by atoms with Gasteiger partial charge in [-0.2, -0.15) is 0 Å². The van der Waals surface area contributed by atoms with Gasteiger partial charge in [0.15, 0.2) is 0 Å². The standard InChI is InChI=1S/C15H18Br2N4/c1-3-7-18-14-11(4-2)15(20-9-19-14)21-13-8-10(16)5-6-12(13)17/h5-6,8-9H,3-4,7H2,1-2H3,(H2,18,19,20,21). The molecule has 0 unspecified atom stereocenters. The lowest BCUT2D eigenvalue weighted by atomic mass is 10.2. The molecule has 0 amide bonds. The first-order chi connectivity index (χ1) is 10.2. The quantitative estimate of drug-likeness (QED) is 0.689. The third-order valence-electron chi connectivity index (χ3n) is 3.02. The largest absolute Gasteiger partial charge is 0.370 e. The molecule has 4 nitrogen and oxygen atoms in total. The van der Waals surface area contributed by atoms with Crippen LogP contribution in [-0.4, -0.2) is 16.5 Å². The van der Waals surface area contributed by atoms with E-state index in [0.717, 1.165) is 51.2 Å². The van der Waals surface area contributed by atoms with Gasteiger partial charge in [-0.1, -0.05) is 29.8 Å². The minimum absolute atomic E-state index is 0.838. The number of nitrogens with one attached hydrogen (secondary N) is 2. The Kier molecular flexibility index (Phi) is 5.99. The number of hydrogen-bond donors (Lipinski definition) is 2. The number of rotatable bonds is 6. The fourth-order valence-corrected chi connectivity index (χ4v) is 2.68. The molecule has 0 fully saturated rings. The van der Waals surface area contributed by atoms with Crippen LogP contribution in [0.2, 0.25) is 0 Å². The topological polar surface area (TPSA) is 49.8 Å². The van der Waals surface area contributed by atoms with Crippen LogP contribution in [0.25, 0.3) is 0 Å². The lowest BCUT2D eigenvalue weighted by Crippen LogP contribution is -2.08. The van der Waals surface area contributed by atoms with Crippen molar-refractivity contribution >= 4 is 49.2 Å². The first-order valence-corrected chi connectivity index (χ1v) is 8.54. The SMILES string of the molecule is CCCNc1ncnc(Nc2cc(Br)ccc2Br)c1CC. The molecule has 21 heavy (non-hydrogen) atoms. The number of anilines is 3. The summed E-state index contributed by atoms with van der Waals surface area (Å²) in [5.41, 5.74) is 2.07. The van der Waals surface area contributed by atoms with Crippen molar-refractivity contribution in [2.45, 2.75) is 26.7 Å². The molecule has 0 aliphatic heterocycles. The van der Waals surface area contributed by atoms with Crippen molar-refractivity contribution in [2.24, 2.45) is 0 Å². The summed E-state index contributed by atoms with van der Waals surface area (Å²) in [5, 5.41) is 6.74. The first-order valence-electron chi connectivity index (χ1n) is 6.95. The Bertz CT molecular complexity index is 617. The second kappa shape index (κ2) is 7.75. The molecule has 0 aliphatic carbocycles. The van der Waals surface area contributed by atoms with Gasteiger partial charge >= 0.3 is 0 Å². The van der Waals surface area contributed by atoms with Crippen molar-refractivity contribution in [1.29, 1.82) is 0 Å². The molecule has 112 valence electrons. The Hall–Kier alpha value is -1.14. The van der Waals surface area contributed by atoms with Crippen molar-refractivity contribution in [3.8, 4) is 0 Å². The third kappa shape index (κ3) is 4.17. The zero-order chi connectivity index (χ0) is 15.2. The van der Waals surface area contributed by atoms with E-state index in [4.69, 9.17) is 0 Å². The van der Waals surface area contributed by atoms with Crippen LogP contribution >= 0.6 is 31.9 Å². The molecule has 0 atom stereocenters. The van der Waals surface area contributed by atoms with Gasteiger partial charge in [-0.15, -0.1) is 0 Å². The summed E-state index contributed by atoms with van der Waals surface area (Å²) in [6, 6.07) is 6.00. The smallest absolute Gasteiger partial charge is 0.139 e. The van der Waals surface area contributed by atoms with Crippen molar-refractivity contribution in [3.05, 3.63) is 39.0 Å². The van der Waals surface area contributed by atoms with Gasteiger partial charge in [-0.3, -0.25) is 0 Å². The average Bonchev–Trinajstić information content (AvgIpc) is 2.49. The number of benzene rings is 1. The molecule has 2 rings (SSSR count). The van der Waals surface area contributed by atoms with Crippen LogP contribution in [0.3, 0.4) is 0 Å². The molecule has 2 N–H and O–H groups in total. The predicted molar refractivity (Wildman–Crippen MR) is 95.3 cm³/mol. The molecule has 6 heteroatoms. The molecule has 0 radical (unpaired) electrons. The second-order valence-corrected chi connectivity index (χ2v) is 6.35. The van der Waals surface area contributed by atoms with Gasteiger partial charge in [0, 0.05) is 21.1 Å². The van der Waals surface area contributed by atoms with Gasteiger partial charge in [0.2, 0.25) is 0 Å². The van der Waals surface area contributed by atoms with Gasteiger partial charge in [0.05, 0.1) is 5.69 Å². The third-order valence-corrected chi connectivity index (χ3v) is 4.21. The molecule has 0 bridgehead atoms. The second-order valence-electron chi connectivity index (χ2n) is 4.58. The van der Waals surface area contributed by atoms with E-state index < -0.39 is 0 Å². The monoisotopic (exact) mass is 412 g/mol. The van der Waals surface area contributed by atoms with E-state index in [1.54, 1.807) is 6.33 Å². The van der Waals surface area contributed by atoms with Gasteiger partial charge in [0.25, 0.3) is 0 Å². The lowest BCUT2D eigenvalue weighted by Gasteiger charge is -2.15. The summed E-state index contributed by atoms with van der Waals surface area (Å²) >= 11 is 7.04. The van der Waals surface area contributed by atoms with Crippen LogP contribution in [0, 0.1) is 0 Å². The van der Waals surface area contributed by atoms with Crippen LogP contribution in [0.5, 0.6) is 0 Å². The Balaban J connectivity index is 2.33. The van der Waals surface area contributed by atoms with E-state index in [0.29, 0.717) is 0 Å². The molecule has 1 heterocycles. The van der Waals surface area contributed by atoms with Gasteiger partial charge < -0.3 is 10.6 Å². The first kappa shape index (κ1) is 16.2. The maximum absolute atomic E-state index is 4.39. The maximum atomic E-state index is 4.39. The highest BCUT2D eigenvalue weighted by Gasteiger charge is 2.11. The summed E-state index contributed by atoms with van der Waals surface area (Å²) in [7, 11) is 0. The molecule has 0 spiro atoms. The zero-order valence-corrected chi connectivity index (χ0v) is 15.3. The van der Waals surface area contributed by atoms with Crippen molar-refractivity contribution in [3.63, 3.8) is 0 Å². The van der Waals surface area contributed by atoms with Crippen LogP contribution in [0.1, 0.15) is 25.8 Å². The fourth-order valence-electron chi connectivity index (χ4n) is 1.97. The van der Waals surface area contributed by atoms with E-state index in [1.165, 1.54) is 0 Å². The average molecular weight is 414 g/mol. The van der Waals surface area contributed by atoms with Crippen molar-refractivity contribution < 1.29 is 0 Å². The van der Waals surface area contributed by atoms with E-state index in [2.05, 4.69) is 66.3 Å².